The number of allylic oxidation sites excluding steroid dienone is 1. The van der Waals surface area contributed by atoms with Crippen molar-refractivity contribution in [2.75, 3.05) is 46.4 Å². The fourth-order valence-corrected chi connectivity index (χ4v) is 2.22. The van der Waals surface area contributed by atoms with Gasteiger partial charge in [0.15, 0.2) is 0 Å². The Balaban J connectivity index is 2.10. The van der Waals surface area contributed by atoms with Crippen LogP contribution >= 0.6 is 0 Å². The summed E-state index contributed by atoms with van der Waals surface area (Å²) >= 11 is 0. The lowest BCUT2D eigenvalue weighted by Crippen LogP contribution is -2.46. The zero-order valence-electron chi connectivity index (χ0n) is 13.1. The molecule has 1 saturated heterocycles. The topological polar surface area (TPSA) is 53.6 Å². The number of nitrogens with zero attached hydrogens (tertiary/aromatic N) is 1. The Morgan fingerprint density at radius 1 is 1.35 bits per heavy atom. The number of piperidine rings is 1. The second-order valence-corrected chi connectivity index (χ2v) is 5.58. The molecule has 20 heavy (non-hydrogen) atoms. The third-order valence-electron chi connectivity index (χ3n) is 3.52. The first-order chi connectivity index (χ1) is 9.61. The average molecular weight is 283 g/mol. The van der Waals surface area contributed by atoms with Crippen molar-refractivity contribution < 1.29 is 9.53 Å². The lowest BCUT2D eigenvalue weighted by Gasteiger charge is -2.31. The highest BCUT2D eigenvalue weighted by atomic mass is 16.5. The van der Waals surface area contributed by atoms with Crippen molar-refractivity contribution >= 4 is 5.91 Å². The van der Waals surface area contributed by atoms with Gasteiger partial charge in [0.25, 0.3) is 0 Å². The normalized spacial score (nSPS) is 16.9. The van der Waals surface area contributed by atoms with E-state index in [2.05, 4.69) is 35.5 Å². The van der Waals surface area contributed by atoms with Gasteiger partial charge in [0, 0.05) is 26.2 Å². The molecule has 0 aromatic carbocycles. The third-order valence-corrected chi connectivity index (χ3v) is 3.52. The van der Waals surface area contributed by atoms with E-state index in [1.165, 1.54) is 5.57 Å². The van der Waals surface area contributed by atoms with E-state index in [1.807, 2.05) is 0 Å². The summed E-state index contributed by atoms with van der Waals surface area (Å²) in [6.45, 7) is 9.08. The number of ether oxygens (including phenoxy) is 1. The molecule has 0 aliphatic carbocycles. The van der Waals surface area contributed by atoms with E-state index in [0.29, 0.717) is 25.7 Å². The van der Waals surface area contributed by atoms with Gasteiger partial charge in [-0.3, -0.25) is 9.69 Å². The quantitative estimate of drug-likeness (QED) is 0.510. The van der Waals surface area contributed by atoms with E-state index in [1.54, 1.807) is 7.11 Å². The van der Waals surface area contributed by atoms with Crippen molar-refractivity contribution in [3.63, 3.8) is 0 Å². The molecule has 0 saturated carbocycles. The van der Waals surface area contributed by atoms with Crippen molar-refractivity contribution in [3.05, 3.63) is 11.6 Å². The van der Waals surface area contributed by atoms with Crippen LogP contribution in [0, 0.1) is 0 Å². The number of carbonyl (C=O) groups excluding carboxylic acids is 1. The fourth-order valence-electron chi connectivity index (χ4n) is 2.22. The van der Waals surface area contributed by atoms with Crippen molar-refractivity contribution in [2.45, 2.75) is 32.7 Å². The van der Waals surface area contributed by atoms with Crippen LogP contribution in [0.3, 0.4) is 0 Å². The second-order valence-electron chi connectivity index (χ2n) is 5.58. The maximum atomic E-state index is 11.6. The molecule has 1 fully saturated rings. The van der Waals surface area contributed by atoms with Crippen LogP contribution in [0.15, 0.2) is 11.6 Å². The molecular weight excluding hydrogens is 254 g/mol. The second kappa shape index (κ2) is 9.91. The Morgan fingerprint density at radius 2 is 2.05 bits per heavy atom. The molecule has 1 heterocycles. The van der Waals surface area contributed by atoms with E-state index < -0.39 is 0 Å². The number of rotatable bonds is 8. The Hall–Kier alpha value is -0.910. The predicted molar refractivity (Wildman–Crippen MR) is 81.8 cm³/mol. The van der Waals surface area contributed by atoms with E-state index >= 15 is 0 Å². The first-order valence-electron chi connectivity index (χ1n) is 7.46. The molecule has 1 amide bonds. The third kappa shape index (κ3) is 7.62. The van der Waals surface area contributed by atoms with Gasteiger partial charge in [-0.15, -0.1) is 0 Å². The Labute approximate surface area is 122 Å². The maximum absolute atomic E-state index is 11.6. The molecule has 2 N–H and O–H groups in total. The van der Waals surface area contributed by atoms with Gasteiger partial charge in [-0.25, -0.2) is 0 Å². The lowest BCUT2D eigenvalue weighted by atomic mass is 10.0. The fraction of sp³-hybridized carbons (Fsp3) is 0.800. The SMILES string of the molecule is COCCNC(=O)CNC1CCN(CC=C(C)C)CC1. The molecule has 5 heteroatoms. The van der Waals surface area contributed by atoms with Gasteiger partial charge in [-0.1, -0.05) is 11.6 Å². The van der Waals surface area contributed by atoms with Gasteiger partial charge in [0.2, 0.25) is 5.91 Å². The van der Waals surface area contributed by atoms with Crippen LogP contribution < -0.4 is 10.6 Å². The van der Waals surface area contributed by atoms with Gasteiger partial charge in [0.1, 0.15) is 0 Å². The van der Waals surface area contributed by atoms with Crippen LogP contribution in [-0.2, 0) is 9.53 Å². The van der Waals surface area contributed by atoms with Crippen molar-refractivity contribution in [1.29, 1.82) is 0 Å². The molecule has 0 bridgehead atoms. The summed E-state index contributed by atoms with van der Waals surface area (Å²) < 4.78 is 4.89. The molecule has 0 aromatic heterocycles. The number of methoxy groups -OCH3 is 1. The van der Waals surface area contributed by atoms with Gasteiger partial charge < -0.3 is 15.4 Å². The number of hydrogen-bond donors (Lipinski definition) is 2. The maximum Gasteiger partial charge on any atom is 0.234 e. The van der Waals surface area contributed by atoms with Crippen LogP contribution in [0.25, 0.3) is 0 Å². The minimum atomic E-state index is 0.0500. The monoisotopic (exact) mass is 283 g/mol. The van der Waals surface area contributed by atoms with Crippen molar-refractivity contribution in [3.8, 4) is 0 Å². The first-order valence-corrected chi connectivity index (χ1v) is 7.46. The minimum absolute atomic E-state index is 0.0500. The molecule has 0 aromatic rings. The average Bonchev–Trinajstić information content (AvgIpc) is 2.44. The standard InChI is InChI=1S/C15H29N3O2/c1-13(2)4-8-18-9-5-14(6-10-18)17-12-15(19)16-7-11-20-3/h4,14,17H,5-12H2,1-3H3,(H,16,19). The summed E-state index contributed by atoms with van der Waals surface area (Å²) in [6.07, 6.45) is 4.50. The molecule has 5 nitrogen and oxygen atoms in total. The van der Waals surface area contributed by atoms with E-state index in [0.717, 1.165) is 32.5 Å². The van der Waals surface area contributed by atoms with Gasteiger partial charge in [-0.05, 0) is 39.8 Å². The molecule has 0 spiro atoms. The molecule has 116 valence electrons. The molecular formula is C15H29N3O2. The molecule has 1 aliphatic rings. The number of nitrogens with one attached hydrogen (secondary N) is 2. The van der Waals surface area contributed by atoms with E-state index in [-0.39, 0.29) is 5.91 Å². The molecule has 1 rings (SSSR count). The molecule has 1 aliphatic heterocycles. The predicted octanol–water partition coefficient (Wildman–Crippen LogP) is 0.769. The van der Waals surface area contributed by atoms with E-state index in [4.69, 9.17) is 4.74 Å². The van der Waals surface area contributed by atoms with Gasteiger partial charge in [0.05, 0.1) is 13.2 Å². The highest BCUT2D eigenvalue weighted by molar-refractivity contribution is 5.77. The Morgan fingerprint density at radius 3 is 2.65 bits per heavy atom. The molecule has 0 unspecified atom stereocenters. The Kier molecular flexibility index (Phi) is 8.49. The summed E-state index contributed by atoms with van der Waals surface area (Å²) in [5, 5.41) is 6.16. The van der Waals surface area contributed by atoms with Gasteiger partial charge in [-0.2, -0.15) is 0 Å². The number of carbonyl (C=O) groups is 1. The van der Waals surface area contributed by atoms with Crippen LogP contribution in [0.1, 0.15) is 26.7 Å². The van der Waals surface area contributed by atoms with Crippen molar-refractivity contribution in [1.82, 2.24) is 15.5 Å². The van der Waals surface area contributed by atoms with E-state index in [9.17, 15) is 4.79 Å². The number of amides is 1. The van der Waals surface area contributed by atoms with Crippen LogP contribution in [0.5, 0.6) is 0 Å². The van der Waals surface area contributed by atoms with Crippen LogP contribution in [0.2, 0.25) is 0 Å². The van der Waals surface area contributed by atoms with Crippen LogP contribution in [0.4, 0.5) is 0 Å². The summed E-state index contributed by atoms with van der Waals surface area (Å²) in [5.74, 6) is 0.0500. The first kappa shape index (κ1) is 17.1. The zero-order valence-corrected chi connectivity index (χ0v) is 13.1. The Bertz CT molecular complexity index is 306. The number of hydrogen-bond acceptors (Lipinski definition) is 4. The van der Waals surface area contributed by atoms with Gasteiger partial charge >= 0.3 is 0 Å². The largest absolute Gasteiger partial charge is 0.383 e. The van der Waals surface area contributed by atoms with Crippen molar-refractivity contribution in [2.24, 2.45) is 0 Å². The summed E-state index contributed by atoms with van der Waals surface area (Å²) in [7, 11) is 1.63. The zero-order chi connectivity index (χ0) is 14.8. The molecule has 0 atom stereocenters. The summed E-state index contributed by atoms with van der Waals surface area (Å²) in [6, 6.07) is 0.464. The highest BCUT2D eigenvalue weighted by Gasteiger charge is 2.18. The summed E-state index contributed by atoms with van der Waals surface area (Å²) in [4.78, 5) is 14.0. The molecule has 0 radical (unpaired) electrons. The van der Waals surface area contributed by atoms with Crippen LogP contribution in [-0.4, -0.2) is 63.3 Å². The minimum Gasteiger partial charge on any atom is -0.383 e. The lowest BCUT2D eigenvalue weighted by molar-refractivity contribution is -0.120. The smallest absolute Gasteiger partial charge is 0.234 e. The number of likely N-dealkylation sites (tertiary alicyclic amines) is 1. The summed E-state index contributed by atoms with van der Waals surface area (Å²) in [5.41, 5.74) is 1.37. The highest BCUT2D eigenvalue weighted by Crippen LogP contribution is 2.10.